The number of imidazole rings is 1. The zero-order valence-electron chi connectivity index (χ0n) is 32.0. The summed E-state index contributed by atoms with van der Waals surface area (Å²) in [6.07, 6.45) is 5.45. The summed E-state index contributed by atoms with van der Waals surface area (Å²) in [5, 5.41) is 23.0. The lowest BCUT2D eigenvalue weighted by Crippen LogP contribution is -2.41. The molecule has 0 aliphatic heterocycles. The van der Waals surface area contributed by atoms with Crippen LogP contribution in [0, 0.1) is 17.0 Å². The number of rotatable bonds is 17. The molecular formula is C37H47N9O8Si. The number of nitro groups is 1. The first-order chi connectivity index (χ1) is 25.9. The molecule has 6 N–H and O–H groups in total. The number of nitrogens with one attached hydrogen (secondary N) is 2. The third-order valence-corrected chi connectivity index (χ3v) is 14.1. The Morgan fingerprint density at radius 3 is 2.49 bits per heavy atom. The highest BCUT2D eigenvalue weighted by atomic mass is 28.4. The maximum atomic E-state index is 13.5. The van der Waals surface area contributed by atoms with Crippen molar-refractivity contribution in [2.75, 3.05) is 30.4 Å². The molecule has 3 aromatic heterocycles. The molecule has 55 heavy (non-hydrogen) atoms. The molecule has 0 spiro atoms. The smallest absolute Gasteiger partial charge is 0.296 e. The van der Waals surface area contributed by atoms with Gasteiger partial charge in [-0.15, -0.1) is 0 Å². The molecule has 3 heterocycles. The number of amides is 3. The summed E-state index contributed by atoms with van der Waals surface area (Å²) in [6.45, 7) is 15.8. The minimum absolute atomic E-state index is 0.0350. The van der Waals surface area contributed by atoms with Gasteiger partial charge in [-0.2, -0.15) is 5.10 Å². The number of anilines is 2. The van der Waals surface area contributed by atoms with Gasteiger partial charge in [0.25, 0.3) is 11.6 Å². The van der Waals surface area contributed by atoms with E-state index in [1.165, 1.54) is 12.3 Å². The molecule has 0 aliphatic rings. The van der Waals surface area contributed by atoms with Gasteiger partial charge < -0.3 is 34.9 Å². The molecule has 292 valence electrons. The predicted molar refractivity (Wildman–Crippen MR) is 211 cm³/mol. The minimum Gasteiger partial charge on any atom is -0.491 e. The van der Waals surface area contributed by atoms with Crippen LogP contribution >= 0.6 is 0 Å². The van der Waals surface area contributed by atoms with Crippen molar-refractivity contribution >= 4 is 65.4 Å². The van der Waals surface area contributed by atoms with Crippen LogP contribution in [-0.2, 0) is 17.5 Å². The van der Waals surface area contributed by atoms with Crippen LogP contribution in [-0.4, -0.2) is 70.1 Å². The van der Waals surface area contributed by atoms with Crippen LogP contribution in [0.1, 0.15) is 71.0 Å². The standard InChI is InChI=1S/C37H47N9O8Si/c1-8-45-28(18-22(2)43-45)35(49)42-36-41-26-21-25(34(39)48)24-12-17-53-32(24)31(26)44(36)14-10-9-13-40-30-27(46(50)51)19-23(33(38)47)20-29(30)52-15-11-16-54-55(6,7)37(3,4)5/h9-10,12,17-21,40H,8,11,13-16H2,1-7H3,(H2,38,47)(H2,39,48)(H,41,42,49). The highest BCUT2D eigenvalue weighted by Gasteiger charge is 2.37. The first-order valence-corrected chi connectivity index (χ1v) is 20.7. The number of fused-ring (bicyclic) bond motifs is 3. The highest BCUT2D eigenvalue weighted by Crippen LogP contribution is 2.38. The van der Waals surface area contributed by atoms with Crippen molar-refractivity contribution in [1.29, 1.82) is 0 Å². The first-order valence-electron chi connectivity index (χ1n) is 17.8. The number of hydrogen-bond acceptors (Lipinski definition) is 11. The molecule has 0 fully saturated rings. The number of nitrogens with zero attached hydrogens (tertiary/aromatic N) is 5. The molecule has 3 amide bonds. The number of aryl methyl sites for hydroxylation is 2. The van der Waals surface area contributed by atoms with Gasteiger partial charge in [-0.25, -0.2) is 4.98 Å². The molecule has 18 heteroatoms. The normalized spacial score (nSPS) is 12.1. The van der Waals surface area contributed by atoms with Gasteiger partial charge in [-0.05, 0) is 56.2 Å². The SMILES string of the molecule is CCn1nc(C)cc1C(=O)Nc1nc2cc(C(N)=O)c3ccoc3c2n1CC=CCNc1c(OCCCO[Si](C)(C)C(C)(C)C)cc(C(N)=O)cc1[N+](=O)[O-]. The van der Waals surface area contributed by atoms with Gasteiger partial charge in [-0.1, -0.05) is 32.9 Å². The van der Waals surface area contributed by atoms with Crippen LogP contribution in [0.25, 0.3) is 22.0 Å². The summed E-state index contributed by atoms with van der Waals surface area (Å²) < 4.78 is 21.3. The number of nitro benzene ring substituents is 1. The van der Waals surface area contributed by atoms with E-state index in [-0.39, 0.29) is 58.9 Å². The van der Waals surface area contributed by atoms with Crippen molar-refractivity contribution < 1.29 is 32.9 Å². The van der Waals surface area contributed by atoms with Crippen LogP contribution in [0.3, 0.4) is 0 Å². The van der Waals surface area contributed by atoms with Gasteiger partial charge in [0.2, 0.25) is 17.8 Å². The fourth-order valence-corrected chi connectivity index (χ4v) is 6.82. The number of primary amides is 2. The number of nitrogens with two attached hydrogens (primary N) is 2. The quantitative estimate of drug-likeness (QED) is 0.0276. The van der Waals surface area contributed by atoms with Gasteiger partial charge in [0, 0.05) is 49.7 Å². The molecular weight excluding hydrogens is 727 g/mol. The van der Waals surface area contributed by atoms with Crippen molar-refractivity contribution in [3.63, 3.8) is 0 Å². The van der Waals surface area contributed by atoms with E-state index < -0.39 is 31.0 Å². The molecule has 0 radical (unpaired) electrons. The van der Waals surface area contributed by atoms with E-state index in [4.69, 9.17) is 25.0 Å². The molecule has 0 unspecified atom stereocenters. The van der Waals surface area contributed by atoms with E-state index in [1.807, 2.05) is 6.92 Å². The number of carbonyl (C=O) groups excluding carboxylic acids is 3. The molecule has 0 saturated heterocycles. The maximum absolute atomic E-state index is 13.5. The molecule has 0 saturated carbocycles. The molecule has 17 nitrogen and oxygen atoms in total. The predicted octanol–water partition coefficient (Wildman–Crippen LogP) is 6.12. The van der Waals surface area contributed by atoms with Crippen LogP contribution in [0.4, 0.5) is 17.3 Å². The zero-order valence-corrected chi connectivity index (χ0v) is 33.0. The Morgan fingerprint density at radius 2 is 1.84 bits per heavy atom. The second-order valence-electron chi connectivity index (χ2n) is 14.5. The minimum atomic E-state index is -1.98. The Balaban J connectivity index is 1.40. The number of allylic oxidation sites excluding steroid dienone is 1. The number of aromatic nitrogens is 4. The van der Waals surface area contributed by atoms with E-state index in [9.17, 15) is 24.5 Å². The summed E-state index contributed by atoms with van der Waals surface area (Å²) in [5.74, 6) is -1.67. The number of hydrogen-bond donors (Lipinski definition) is 4. The van der Waals surface area contributed by atoms with E-state index in [1.54, 1.807) is 46.5 Å². The lowest BCUT2D eigenvalue weighted by Gasteiger charge is -2.36. The van der Waals surface area contributed by atoms with Crippen molar-refractivity contribution in [3.05, 3.63) is 81.4 Å². The number of furan rings is 1. The van der Waals surface area contributed by atoms with Crippen molar-refractivity contribution in [2.24, 2.45) is 11.5 Å². The van der Waals surface area contributed by atoms with Crippen LogP contribution < -0.4 is 26.8 Å². The van der Waals surface area contributed by atoms with Crippen molar-refractivity contribution in [1.82, 2.24) is 19.3 Å². The van der Waals surface area contributed by atoms with Gasteiger partial charge in [-0.3, -0.25) is 34.5 Å². The highest BCUT2D eigenvalue weighted by molar-refractivity contribution is 6.74. The fourth-order valence-electron chi connectivity index (χ4n) is 5.73. The lowest BCUT2D eigenvalue weighted by molar-refractivity contribution is -0.384. The monoisotopic (exact) mass is 773 g/mol. The Hall–Kier alpha value is -6.01. The van der Waals surface area contributed by atoms with Crippen LogP contribution in [0.2, 0.25) is 18.1 Å². The molecule has 0 aliphatic carbocycles. The number of benzene rings is 2. The third kappa shape index (κ3) is 8.70. The fraction of sp³-hybridized carbons (Fsp3) is 0.378. The number of ether oxygens (including phenoxy) is 1. The summed E-state index contributed by atoms with van der Waals surface area (Å²) >= 11 is 0. The lowest BCUT2D eigenvalue weighted by atomic mass is 10.1. The summed E-state index contributed by atoms with van der Waals surface area (Å²) in [5.41, 5.74) is 13.2. The van der Waals surface area contributed by atoms with E-state index in [2.05, 4.69) is 54.6 Å². The van der Waals surface area contributed by atoms with Crippen LogP contribution in [0.5, 0.6) is 5.75 Å². The molecule has 0 atom stereocenters. The maximum Gasteiger partial charge on any atom is 0.296 e. The third-order valence-electron chi connectivity index (χ3n) is 9.60. The Kier molecular flexibility index (Phi) is 11.8. The molecule has 5 aromatic rings. The second-order valence-corrected chi connectivity index (χ2v) is 19.3. The number of carbonyl (C=O) groups is 3. The van der Waals surface area contributed by atoms with Gasteiger partial charge >= 0.3 is 0 Å². The Labute approximate surface area is 318 Å². The van der Waals surface area contributed by atoms with Crippen molar-refractivity contribution in [3.8, 4) is 5.75 Å². The van der Waals surface area contributed by atoms with E-state index in [0.29, 0.717) is 53.0 Å². The first kappa shape index (κ1) is 40.2. The Bertz CT molecular complexity index is 2300. The summed E-state index contributed by atoms with van der Waals surface area (Å²) in [6, 6.07) is 7.33. The van der Waals surface area contributed by atoms with Crippen LogP contribution in [0.15, 0.2) is 53.2 Å². The average Bonchev–Trinajstić information content (AvgIpc) is 3.83. The summed E-state index contributed by atoms with van der Waals surface area (Å²) in [7, 11) is -1.98. The van der Waals surface area contributed by atoms with E-state index in [0.717, 1.165) is 6.07 Å². The average molecular weight is 774 g/mol. The second kappa shape index (κ2) is 16.2. The molecule has 0 bridgehead atoms. The van der Waals surface area contributed by atoms with Crippen molar-refractivity contribution in [2.45, 2.75) is 72.3 Å². The summed E-state index contributed by atoms with van der Waals surface area (Å²) in [4.78, 5) is 54.1. The molecule has 5 rings (SSSR count). The van der Waals surface area contributed by atoms with Gasteiger partial charge in [0.15, 0.2) is 19.6 Å². The molecule has 2 aromatic carbocycles. The topological polar surface area (TPSA) is 238 Å². The largest absolute Gasteiger partial charge is 0.491 e. The van der Waals surface area contributed by atoms with Gasteiger partial charge in [0.1, 0.15) is 17.0 Å². The zero-order chi connectivity index (χ0) is 40.2. The van der Waals surface area contributed by atoms with E-state index >= 15 is 0 Å². The van der Waals surface area contributed by atoms with Gasteiger partial charge in [0.05, 0.1) is 34.6 Å². The Morgan fingerprint density at radius 1 is 1.09 bits per heavy atom.